The second kappa shape index (κ2) is 5.85. The van der Waals surface area contributed by atoms with Crippen molar-refractivity contribution < 1.29 is 9.31 Å². The largest absolute Gasteiger partial charge is 0.314 e. The summed E-state index contributed by atoms with van der Waals surface area (Å²) in [6, 6.07) is 4.14. The van der Waals surface area contributed by atoms with Crippen molar-refractivity contribution in [1.29, 1.82) is 0 Å². The van der Waals surface area contributed by atoms with Crippen molar-refractivity contribution in [2.75, 3.05) is 20.1 Å². The Kier molecular flexibility index (Phi) is 4.35. The van der Waals surface area contributed by atoms with Crippen LogP contribution in [-0.2, 0) is 6.54 Å². The van der Waals surface area contributed by atoms with E-state index in [4.69, 9.17) is 0 Å². The fourth-order valence-electron chi connectivity index (χ4n) is 2.51. The zero-order chi connectivity index (χ0) is 14.8. The maximum Gasteiger partial charge on any atom is 0.304 e. The topological polar surface area (TPSA) is 58.4 Å². The van der Waals surface area contributed by atoms with Crippen LogP contribution in [0.25, 0.3) is 0 Å². The van der Waals surface area contributed by atoms with Crippen LogP contribution in [-0.4, -0.2) is 35.5 Å². The Balaban J connectivity index is 1.98. The van der Waals surface area contributed by atoms with E-state index in [-0.39, 0.29) is 5.54 Å². The highest BCUT2D eigenvalue weighted by atomic mass is 19.1. The van der Waals surface area contributed by atoms with Gasteiger partial charge in [-0.2, -0.15) is 4.39 Å². The van der Waals surface area contributed by atoms with Gasteiger partial charge in [0.25, 0.3) is 0 Å². The summed E-state index contributed by atoms with van der Waals surface area (Å²) < 4.78 is 13.6. The Morgan fingerprint density at radius 1 is 1.45 bits per heavy atom. The van der Waals surface area contributed by atoms with Gasteiger partial charge >= 0.3 is 5.69 Å². The van der Waals surface area contributed by atoms with Crippen LogP contribution in [0, 0.1) is 15.9 Å². The molecule has 1 heterocycles. The van der Waals surface area contributed by atoms with Crippen LogP contribution in [0.3, 0.4) is 0 Å². The van der Waals surface area contributed by atoms with Crippen LogP contribution in [0.15, 0.2) is 18.2 Å². The van der Waals surface area contributed by atoms with Crippen molar-refractivity contribution >= 4 is 5.69 Å². The Morgan fingerprint density at radius 2 is 2.10 bits per heavy atom. The van der Waals surface area contributed by atoms with Crippen LogP contribution >= 0.6 is 0 Å². The fraction of sp³-hybridized carbons (Fsp3) is 0.571. The van der Waals surface area contributed by atoms with E-state index in [1.807, 2.05) is 7.05 Å². The molecule has 6 heteroatoms. The van der Waals surface area contributed by atoms with Gasteiger partial charge in [-0.3, -0.25) is 15.0 Å². The number of hydrogen-bond acceptors (Lipinski definition) is 4. The minimum atomic E-state index is -0.760. The van der Waals surface area contributed by atoms with Crippen LogP contribution in [0.1, 0.15) is 25.3 Å². The van der Waals surface area contributed by atoms with E-state index in [0.717, 1.165) is 31.5 Å². The molecule has 0 radical (unpaired) electrons. The fourth-order valence-corrected chi connectivity index (χ4v) is 2.51. The molecule has 1 aliphatic heterocycles. The van der Waals surface area contributed by atoms with Crippen molar-refractivity contribution in [2.45, 2.75) is 31.8 Å². The number of nitrogens with one attached hydrogen (secondary N) is 1. The van der Waals surface area contributed by atoms with Crippen molar-refractivity contribution in [1.82, 2.24) is 10.2 Å². The molecule has 1 saturated heterocycles. The summed E-state index contributed by atoms with van der Waals surface area (Å²) in [5.41, 5.74) is 0.494. The molecule has 1 N–H and O–H groups in total. The van der Waals surface area contributed by atoms with Crippen molar-refractivity contribution in [3.63, 3.8) is 0 Å². The minimum Gasteiger partial charge on any atom is -0.314 e. The summed E-state index contributed by atoms with van der Waals surface area (Å²) in [4.78, 5) is 12.1. The Morgan fingerprint density at radius 3 is 2.60 bits per heavy atom. The summed E-state index contributed by atoms with van der Waals surface area (Å²) in [6.45, 7) is 4.72. The molecule has 0 amide bonds. The van der Waals surface area contributed by atoms with Crippen molar-refractivity contribution in [2.24, 2.45) is 0 Å². The molecule has 0 bridgehead atoms. The molecule has 20 heavy (non-hydrogen) atoms. The lowest BCUT2D eigenvalue weighted by Gasteiger charge is -2.39. The van der Waals surface area contributed by atoms with Crippen molar-refractivity contribution in [3.8, 4) is 0 Å². The van der Waals surface area contributed by atoms with Gasteiger partial charge in [0.1, 0.15) is 0 Å². The zero-order valence-corrected chi connectivity index (χ0v) is 11.9. The third-order valence-corrected chi connectivity index (χ3v) is 4.18. The lowest BCUT2D eigenvalue weighted by atomic mass is 9.90. The third-order valence-electron chi connectivity index (χ3n) is 4.18. The maximum absolute atomic E-state index is 13.6. The van der Waals surface area contributed by atoms with Gasteiger partial charge in [-0.25, -0.2) is 0 Å². The molecular weight excluding hydrogens is 261 g/mol. The van der Waals surface area contributed by atoms with E-state index in [0.29, 0.717) is 6.54 Å². The molecular formula is C14H20FN3O2. The molecule has 5 nitrogen and oxygen atoms in total. The number of rotatable bonds is 4. The monoisotopic (exact) mass is 281 g/mol. The first-order valence-electron chi connectivity index (χ1n) is 6.78. The van der Waals surface area contributed by atoms with Crippen LogP contribution < -0.4 is 5.32 Å². The summed E-state index contributed by atoms with van der Waals surface area (Å²) in [5.74, 6) is -0.760. The minimum absolute atomic E-state index is 0.178. The highest BCUT2D eigenvalue weighted by Gasteiger charge is 2.28. The number of benzene rings is 1. The molecule has 0 saturated carbocycles. The number of nitrogens with zero attached hydrogens (tertiary/aromatic N) is 2. The van der Waals surface area contributed by atoms with Gasteiger partial charge in [0.05, 0.1) is 4.92 Å². The van der Waals surface area contributed by atoms with Gasteiger partial charge in [0, 0.05) is 31.2 Å². The number of hydrogen-bond donors (Lipinski definition) is 1. The SMILES string of the molecule is CNC1(C)CCN(Cc2ccc([N+](=O)[O-])c(F)c2)CC1. The summed E-state index contributed by atoms with van der Waals surface area (Å²) in [7, 11) is 1.97. The van der Waals surface area contributed by atoms with E-state index in [1.165, 1.54) is 12.1 Å². The molecule has 0 spiro atoms. The Bertz CT molecular complexity index is 499. The first-order valence-corrected chi connectivity index (χ1v) is 6.78. The summed E-state index contributed by atoms with van der Waals surface area (Å²) >= 11 is 0. The van der Waals surface area contributed by atoms with Gasteiger partial charge in [0.15, 0.2) is 0 Å². The van der Waals surface area contributed by atoms with Crippen LogP contribution in [0.4, 0.5) is 10.1 Å². The lowest BCUT2D eigenvalue weighted by molar-refractivity contribution is -0.387. The lowest BCUT2D eigenvalue weighted by Crippen LogP contribution is -2.49. The average Bonchev–Trinajstić information content (AvgIpc) is 2.41. The normalized spacial score (nSPS) is 18.9. The van der Waals surface area contributed by atoms with Gasteiger partial charge in [0.2, 0.25) is 5.82 Å². The number of nitro groups is 1. The molecule has 1 aromatic carbocycles. The zero-order valence-electron chi connectivity index (χ0n) is 11.9. The van der Waals surface area contributed by atoms with Gasteiger partial charge in [-0.05, 0) is 38.4 Å². The third kappa shape index (κ3) is 3.32. The predicted molar refractivity (Wildman–Crippen MR) is 75.0 cm³/mol. The van der Waals surface area contributed by atoms with E-state index < -0.39 is 16.4 Å². The highest BCUT2D eigenvalue weighted by Crippen LogP contribution is 2.24. The molecule has 1 fully saturated rings. The van der Waals surface area contributed by atoms with Crippen LogP contribution in [0.5, 0.6) is 0 Å². The second-order valence-corrected chi connectivity index (χ2v) is 5.63. The van der Waals surface area contributed by atoms with E-state index in [2.05, 4.69) is 17.1 Å². The summed E-state index contributed by atoms with van der Waals surface area (Å²) in [6.07, 6.45) is 2.08. The maximum atomic E-state index is 13.6. The second-order valence-electron chi connectivity index (χ2n) is 5.63. The standard InChI is InChI=1S/C14H20FN3O2/c1-14(16-2)5-7-17(8-6-14)10-11-3-4-13(18(19)20)12(15)9-11/h3-4,9,16H,5-8,10H2,1-2H3. The number of nitro benzene ring substituents is 1. The first-order chi connectivity index (χ1) is 9.43. The molecule has 110 valence electrons. The molecule has 0 aromatic heterocycles. The molecule has 0 unspecified atom stereocenters. The Hall–Kier alpha value is -1.53. The highest BCUT2D eigenvalue weighted by molar-refractivity contribution is 5.35. The van der Waals surface area contributed by atoms with E-state index in [9.17, 15) is 14.5 Å². The first kappa shape index (κ1) is 14.9. The van der Waals surface area contributed by atoms with E-state index >= 15 is 0 Å². The molecule has 1 aliphatic rings. The predicted octanol–water partition coefficient (Wildman–Crippen LogP) is 2.31. The smallest absolute Gasteiger partial charge is 0.304 e. The van der Waals surface area contributed by atoms with Crippen LogP contribution in [0.2, 0.25) is 0 Å². The molecule has 2 rings (SSSR count). The quantitative estimate of drug-likeness (QED) is 0.679. The van der Waals surface area contributed by atoms with E-state index in [1.54, 1.807) is 6.07 Å². The van der Waals surface area contributed by atoms with Crippen molar-refractivity contribution in [3.05, 3.63) is 39.7 Å². The number of piperidine rings is 1. The van der Waals surface area contributed by atoms with Gasteiger partial charge < -0.3 is 5.32 Å². The average molecular weight is 281 g/mol. The molecule has 1 aromatic rings. The number of likely N-dealkylation sites (tertiary alicyclic amines) is 1. The van der Waals surface area contributed by atoms with Gasteiger partial charge in [-0.15, -0.1) is 0 Å². The molecule has 0 aliphatic carbocycles. The Labute approximate surface area is 117 Å². The summed E-state index contributed by atoms with van der Waals surface area (Å²) in [5, 5.41) is 13.9. The van der Waals surface area contributed by atoms with Gasteiger partial charge in [-0.1, -0.05) is 6.07 Å². The number of halogens is 1. The molecule has 0 atom stereocenters.